The van der Waals surface area contributed by atoms with Gasteiger partial charge in [-0.1, -0.05) is 11.8 Å². The third-order valence-electron chi connectivity index (χ3n) is 1.04. The Bertz CT molecular complexity index is 123. The lowest BCUT2D eigenvalue weighted by molar-refractivity contribution is 0.173. The van der Waals surface area contributed by atoms with Crippen LogP contribution in [0.25, 0.3) is 0 Å². The van der Waals surface area contributed by atoms with Crippen molar-refractivity contribution in [3.63, 3.8) is 0 Å². The second-order valence-electron chi connectivity index (χ2n) is 1.91. The van der Waals surface area contributed by atoms with Gasteiger partial charge in [0.15, 0.2) is 0 Å². The van der Waals surface area contributed by atoms with Gasteiger partial charge in [-0.15, -0.1) is 12.4 Å². The third-order valence-corrected chi connectivity index (χ3v) is 1.04. The molecule has 1 aliphatic carbocycles. The minimum atomic E-state index is 0. The van der Waals surface area contributed by atoms with E-state index in [0.29, 0.717) is 12.5 Å². The van der Waals surface area contributed by atoms with E-state index < -0.39 is 0 Å². The van der Waals surface area contributed by atoms with E-state index in [0.717, 1.165) is 0 Å². The van der Waals surface area contributed by atoms with Crippen LogP contribution in [0.2, 0.25) is 0 Å². The Labute approximate surface area is 61.1 Å². The zero-order valence-electron chi connectivity index (χ0n) is 5.09. The van der Waals surface area contributed by atoms with Gasteiger partial charge in [0, 0.05) is 5.92 Å². The molecule has 0 heterocycles. The summed E-state index contributed by atoms with van der Waals surface area (Å²) in [7, 11) is 0. The van der Waals surface area contributed by atoms with E-state index in [1.165, 1.54) is 12.8 Å². The van der Waals surface area contributed by atoms with Crippen molar-refractivity contribution >= 4 is 12.4 Å². The summed E-state index contributed by atoms with van der Waals surface area (Å²) in [4.78, 5) is 4.25. The molecule has 1 rings (SSSR count). The molecule has 1 aliphatic rings. The molecular weight excluding hydrogens is 138 g/mol. The Morgan fingerprint density at radius 2 is 2.22 bits per heavy atom. The molecule has 0 bridgehead atoms. The summed E-state index contributed by atoms with van der Waals surface area (Å²) >= 11 is 0. The van der Waals surface area contributed by atoms with Gasteiger partial charge >= 0.3 is 0 Å². The highest BCUT2D eigenvalue weighted by atomic mass is 35.5. The van der Waals surface area contributed by atoms with Crippen LogP contribution in [0.3, 0.4) is 0 Å². The van der Waals surface area contributed by atoms with Crippen LogP contribution < -0.4 is 5.90 Å². The van der Waals surface area contributed by atoms with Gasteiger partial charge in [-0.25, -0.2) is 5.90 Å². The highest BCUT2D eigenvalue weighted by molar-refractivity contribution is 5.85. The van der Waals surface area contributed by atoms with Crippen molar-refractivity contribution < 1.29 is 4.84 Å². The van der Waals surface area contributed by atoms with Gasteiger partial charge in [-0.2, -0.15) is 0 Å². The lowest BCUT2D eigenvalue weighted by Gasteiger charge is -1.79. The van der Waals surface area contributed by atoms with Crippen LogP contribution in [0.1, 0.15) is 12.8 Å². The summed E-state index contributed by atoms with van der Waals surface area (Å²) in [5.41, 5.74) is 0. The van der Waals surface area contributed by atoms with Crippen LogP contribution in [0.5, 0.6) is 0 Å². The van der Waals surface area contributed by atoms with Crippen molar-refractivity contribution in [2.45, 2.75) is 12.8 Å². The molecule has 1 fully saturated rings. The molecule has 0 aromatic carbocycles. The Hall–Kier alpha value is -0.230. The summed E-state index contributed by atoms with van der Waals surface area (Å²) < 4.78 is 0. The zero-order chi connectivity index (χ0) is 5.82. The van der Waals surface area contributed by atoms with Crippen molar-refractivity contribution in [2.24, 2.45) is 11.8 Å². The molecule has 0 unspecified atom stereocenters. The molecule has 0 amide bonds. The lowest BCUT2D eigenvalue weighted by atomic mass is 10.4. The molecule has 0 aromatic rings. The number of halogens is 1. The van der Waals surface area contributed by atoms with Gasteiger partial charge in [0.05, 0.1) is 0 Å². The maximum atomic E-state index is 4.73. The molecule has 9 heavy (non-hydrogen) atoms. The summed E-state index contributed by atoms with van der Waals surface area (Å²) in [5.74, 6) is 11.2. The summed E-state index contributed by atoms with van der Waals surface area (Å²) in [6.07, 6.45) is 2.52. The molecule has 2 N–H and O–H groups in total. The highest BCUT2D eigenvalue weighted by Crippen LogP contribution is 2.27. The molecular formula is C6H10ClNO. The summed E-state index contributed by atoms with van der Waals surface area (Å²) in [6.45, 7) is 0.372. The smallest absolute Gasteiger partial charge is 0.128 e. The SMILES string of the molecule is Cl.NOCC#CC1CC1. The average Bonchev–Trinajstić information content (AvgIpc) is 2.51. The highest BCUT2D eigenvalue weighted by Gasteiger charge is 2.17. The Kier molecular flexibility index (Phi) is 4.51. The van der Waals surface area contributed by atoms with Gasteiger partial charge in [0.2, 0.25) is 0 Å². The second-order valence-corrected chi connectivity index (χ2v) is 1.91. The van der Waals surface area contributed by atoms with Gasteiger partial charge in [0.25, 0.3) is 0 Å². The van der Waals surface area contributed by atoms with Gasteiger partial charge in [-0.3, -0.25) is 4.84 Å². The minimum absolute atomic E-state index is 0. The number of rotatable bonds is 1. The van der Waals surface area contributed by atoms with Gasteiger partial charge in [-0.05, 0) is 12.8 Å². The topological polar surface area (TPSA) is 35.2 Å². The van der Waals surface area contributed by atoms with Crippen molar-refractivity contribution in [3.05, 3.63) is 0 Å². The normalized spacial score (nSPS) is 15.2. The molecule has 3 heteroatoms. The maximum absolute atomic E-state index is 4.73. The molecule has 0 saturated heterocycles. The van der Waals surface area contributed by atoms with Crippen molar-refractivity contribution in [3.8, 4) is 11.8 Å². The van der Waals surface area contributed by atoms with Crippen LogP contribution in [0.15, 0.2) is 0 Å². The fraction of sp³-hybridized carbons (Fsp3) is 0.667. The van der Waals surface area contributed by atoms with Gasteiger partial charge < -0.3 is 0 Å². The molecule has 0 aromatic heterocycles. The Balaban J connectivity index is 0.000000640. The first kappa shape index (κ1) is 8.77. The fourth-order valence-corrected chi connectivity index (χ4v) is 0.455. The molecule has 2 nitrogen and oxygen atoms in total. The quantitative estimate of drug-likeness (QED) is 0.438. The second kappa shape index (κ2) is 4.63. The first-order valence-electron chi connectivity index (χ1n) is 2.73. The van der Waals surface area contributed by atoms with Crippen LogP contribution >= 0.6 is 12.4 Å². The third kappa shape index (κ3) is 4.28. The van der Waals surface area contributed by atoms with E-state index in [1.807, 2.05) is 0 Å². The first-order valence-corrected chi connectivity index (χ1v) is 2.73. The molecule has 0 radical (unpaired) electrons. The lowest BCUT2D eigenvalue weighted by Crippen LogP contribution is -1.97. The number of hydrogen-bond acceptors (Lipinski definition) is 2. The molecule has 0 aliphatic heterocycles. The van der Waals surface area contributed by atoms with Gasteiger partial charge in [0.1, 0.15) is 6.61 Å². The average molecular weight is 148 g/mol. The predicted octanol–water partition coefficient (Wildman–Crippen LogP) is 0.712. The summed E-state index contributed by atoms with van der Waals surface area (Å²) in [5, 5.41) is 0. The van der Waals surface area contributed by atoms with Crippen LogP contribution in [0.4, 0.5) is 0 Å². The number of nitrogens with two attached hydrogens (primary N) is 1. The van der Waals surface area contributed by atoms with E-state index in [1.54, 1.807) is 0 Å². The molecule has 0 spiro atoms. The first-order chi connectivity index (χ1) is 3.93. The molecule has 52 valence electrons. The Morgan fingerprint density at radius 3 is 2.67 bits per heavy atom. The monoisotopic (exact) mass is 147 g/mol. The van der Waals surface area contributed by atoms with E-state index >= 15 is 0 Å². The standard InChI is InChI=1S/C6H9NO.ClH/c7-8-5-1-2-6-3-4-6;/h6H,3-5,7H2;1H. The van der Waals surface area contributed by atoms with Crippen LogP contribution in [0, 0.1) is 17.8 Å². The van der Waals surface area contributed by atoms with Crippen LogP contribution in [-0.4, -0.2) is 6.61 Å². The fourth-order valence-electron chi connectivity index (χ4n) is 0.455. The molecule has 1 saturated carbocycles. The Morgan fingerprint density at radius 1 is 1.56 bits per heavy atom. The van der Waals surface area contributed by atoms with E-state index in [4.69, 9.17) is 5.90 Å². The minimum Gasteiger partial charge on any atom is -0.292 e. The van der Waals surface area contributed by atoms with E-state index in [2.05, 4.69) is 16.7 Å². The van der Waals surface area contributed by atoms with E-state index in [9.17, 15) is 0 Å². The largest absolute Gasteiger partial charge is 0.292 e. The molecule has 0 atom stereocenters. The van der Waals surface area contributed by atoms with Crippen molar-refractivity contribution in [2.75, 3.05) is 6.61 Å². The van der Waals surface area contributed by atoms with Crippen molar-refractivity contribution in [1.82, 2.24) is 0 Å². The van der Waals surface area contributed by atoms with Crippen molar-refractivity contribution in [1.29, 1.82) is 0 Å². The van der Waals surface area contributed by atoms with Crippen LogP contribution in [-0.2, 0) is 4.84 Å². The van der Waals surface area contributed by atoms with E-state index in [-0.39, 0.29) is 12.4 Å². The number of hydrogen-bond donors (Lipinski definition) is 1. The zero-order valence-corrected chi connectivity index (χ0v) is 5.91. The predicted molar refractivity (Wildman–Crippen MR) is 37.9 cm³/mol. The maximum Gasteiger partial charge on any atom is 0.128 e. The summed E-state index contributed by atoms with van der Waals surface area (Å²) in [6, 6.07) is 0.